The molecule has 0 atom stereocenters. The van der Waals surface area contributed by atoms with Crippen LogP contribution in [0.1, 0.15) is 22.8 Å². The maximum atomic E-state index is 12.3. The second-order valence-corrected chi connectivity index (χ2v) is 6.00. The van der Waals surface area contributed by atoms with Crippen molar-refractivity contribution < 1.29 is 14.7 Å². The normalized spacial score (nSPS) is 11.1. The quantitative estimate of drug-likeness (QED) is 0.555. The molecule has 2 aromatic carbocycles. The van der Waals surface area contributed by atoms with Gasteiger partial charge in [-0.15, -0.1) is 0 Å². The van der Waals surface area contributed by atoms with Gasteiger partial charge in [-0.25, -0.2) is 0 Å². The lowest BCUT2D eigenvalue weighted by atomic mass is 10.1. The fraction of sp³-hybridized carbons (Fsp3) is 0.182. The number of allylic oxidation sites excluding steroid dienone is 2. The summed E-state index contributed by atoms with van der Waals surface area (Å²) in [5.74, 6) is -0.313. The third-order valence-electron chi connectivity index (χ3n) is 3.95. The predicted molar refractivity (Wildman–Crippen MR) is 110 cm³/mol. The Bertz CT molecular complexity index is 822. The first-order valence-electron chi connectivity index (χ1n) is 8.71. The number of aliphatic hydroxyl groups excluding tert-OH is 1. The van der Waals surface area contributed by atoms with Crippen LogP contribution < -0.4 is 10.2 Å². The molecule has 0 aliphatic heterocycles. The van der Waals surface area contributed by atoms with Gasteiger partial charge < -0.3 is 15.3 Å². The maximum Gasteiger partial charge on any atom is 0.248 e. The fourth-order valence-corrected chi connectivity index (χ4v) is 2.44. The summed E-state index contributed by atoms with van der Waals surface area (Å²) in [6.07, 6.45) is 6.39. The number of anilines is 2. The number of ketones is 1. The van der Waals surface area contributed by atoms with Crippen LogP contribution in [0.15, 0.2) is 66.8 Å². The predicted octanol–water partition coefficient (Wildman–Crippen LogP) is 3.53. The second kappa shape index (κ2) is 10.1. The van der Waals surface area contributed by atoms with E-state index in [0.717, 1.165) is 11.3 Å². The van der Waals surface area contributed by atoms with Gasteiger partial charge in [0.1, 0.15) is 0 Å². The number of carbonyl (C=O) groups is 2. The summed E-state index contributed by atoms with van der Waals surface area (Å²) in [5, 5.41) is 11.7. The number of hydrogen-bond donors (Lipinski definition) is 2. The molecule has 2 rings (SSSR count). The molecule has 0 aromatic heterocycles. The van der Waals surface area contributed by atoms with Crippen LogP contribution in [-0.4, -0.2) is 37.0 Å². The molecule has 0 aliphatic carbocycles. The highest BCUT2D eigenvalue weighted by molar-refractivity contribution is 6.07. The topological polar surface area (TPSA) is 69.6 Å². The Labute approximate surface area is 159 Å². The van der Waals surface area contributed by atoms with Gasteiger partial charge in [0, 0.05) is 30.5 Å². The van der Waals surface area contributed by atoms with Crippen molar-refractivity contribution in [1.82, 2.24) is 0 Å². The van der Waals surface area contributed by atoms with E-state index in [2.05, 4.69) is 5.32 Å². The van der Waals surface area contributed by atoms with Crippen LogP contribution in [0, 0.1) is 0 Å². The van der Waals surface area contributed by atoms with Crippen LogP contribution >= 0.6 is 0 Å². The Hall–Kier alpha value is -3.18. The zero-order valence-electron chi connectivity index (χ0n) is 15.6. The minimum Gasteiger partial charge on any atom is -0.395 e. The van der Waals surface area contributed by atoms with Gasteiger partial charge >= 0.3 is 0 Å². The number of nitrogens with one attached hydrogen (secondary N) is 1. The lowest BCUT2D eigenvalue weighted by Crippen LogP contribution is -2.20. The second-order valence-electron chi connectivity index (χ2n) is 6.00. The van der Waals surface area contributed by atoms with Crippen LogP contribution in [0.4, 0.5) is 11.4 Å². The Morgan fingerprint density at radius 3 is 2.30 bits per heavy atom. The van der Waals surface area contributed by atoms with Crippen molar-refractivity contribution >= 4 is 29.1 Å². The van der Waals surface area contributed by atoms with Gasteiger partial charge in [-0.05, 0) is 61.0 Å². The molecular weight excluding hydrogens is 340 g/mol. The molecule has 0 radical (unpaired) electrons. The standard InChI is InChI=1S/C22H24N2O3/c1-3-4-22(27)23-19-10-8-18(9-11-19)21(26)14-7-17-5-12-20(13-6-17)24(2)15-16-25/h3-14,25H,15-16H2,1-2H3,(H,23,27)/b4-3+,14-7+. The average molecular weight is 364 g/mol. The van der Waals surface area contributed by atoms with E-state index < -0.39 is 0 Å². The Morgan fingerprint density at radius 2 is 1.70 bits per heavy atom. The molecule has 0 heterocycles. The monoisotopic (exact) mass is 364 g/mol. The summed E-state index contributed by atoms with van der Waals surface area (Å²) in [5.41, 5.74) is 3.11. The van der Waals surface area contributed by atoms with Crippen LogP contribution in [0.2, 0.25) is 0 Å². The molecule has 0 fully saturated rings. The first-order valence-corrected chi connectivity index (χ1v) is 8.71. The number of rotatable bonds is 8. The van der Waals surface area contributed by atoms with Crippen molar-refractivity contribution in [2.24, 2.45) is 0 Å². The zero-order valence-corrected chi connectivity index (χ0v) is 15.6. The van der Waals surface area contributed by atoms with Crippen molar-refractivity contribution in [2.45, 2.75) is 6.92 Å². The molecule has 1 amide bonds. The van der Waals surface area contributed by atoms with E-state index in [1.807, 2.05) is 36.2 Å². The van der Waals surface area contributed by atoms with Gasteiger partial charge in [-0.3, -0.25) is 9.59 Å². The van der Waals surface area contributed by atoms with Gasteiger partial charge in [0.25, 0.3) is 0 Å². The highest BCUT2D eigenvalue weighted by Crippen LogP contribution is 2.15. The van der Waals surface area contributed by atoms with Crippen molar-refractivity contribution in [3.05, 3.63) is 77.9 Å². The minimum absolute atomic E-state index is 0.102. The summed E-state index contributed by atoms with van der Waals surface area (Å²) in [4.78, 5) is 25.7. The van der Waals surface area contributed by atoms with Crippen LogP contribution in [0.3, 0.4) is 0 Å². The third kappa shape index (κ3) is 6.24. The lowest BCUT2D eigenvalue weighted by Gasteiger charge is -2.17. The van der Waals surface area contributed by atoms with Crippen LogP contribution in [-0.2, 0) is 4.79 Å². The average Bonchev–Trinajstić information content (AvgIpc) is 2.67. The SMILES string of the molecule is C/C=C/C(=O)Nc1ccc(C(=O)/C=C/c2ccc(N(C)CCO)cc2)cc1. The molecular formula is C22H24N2O3. The summed E-state index contributed by atoms with van der Waals surface area (Å²) < 4.78 is 0. The van der Waals surface area contributed by atoms with Crippen molar-refractivity contribution in [1.29, 1.82) is 0 Å². The van der Waals surface area contributed by atoms with E-state index in [1.54, 1.807) is 43.3 Å². The van der Waals surface area contributed by atoms with Crippen LogP contribution in [0.5, 0.6) is 0 Å². The van der Waals surface area contributed by atoms with Gasteiger partial charge in [-0.2, -0.15) is 0 Å². The molecule has 140 valence electrons. The maximum absolute atomic E-state index is 12.3. The zero-order chi connectivity index (χ0) is 19.6. The van der Waals surface area contributed by atoms with E-state index in [9.17, 15) is 9.59 Å². The summed E-state index contributed by atoms with van der Waals surface area (Å²) in [6.45, 7) is 2.44. The minimum atomic E-state index is -0.204. The number of aliphatic hydroxyl groups is 1. The number of nitrogens with zero attached hydrogens (tertiary/aromatic N) is 1. The highest BCUT2D eigenvalue weighted by atomic mass is 16.3. The molecule has 0 saturated heterocycles. The largest absolute Gasteiger partial charge is 0.395 e. The molecule has 5 heteroatoms. The molecule has 0 bridgehead atoms. The molecule has 0 spiro atoms. The first-order chi connectivity index (χ1) is 13.0. The molecule has 0 unspecified atom stereocenters. The first kappa shape index (κ1) is 20.1. The van der Waals surface area contributed by atoms with E-state index in [1.165, 1.54) is 12.2 Å². The molecule has 27 heavy (non-hydrogen) atoms. The van der Waals surface area contributed by atoms with Gasteiger partial charge in [0.2, 0.25) is 5.91 Å². The van der Waals surface area contributed by atoms with Crippen molar-refractivity contribution in [3.63, 3.8) is 0 Å². The number of benzene rings is 2. The van der Waals surface area contributed by atoms with Crippen molar-refractivity contribution in [3.8, 4) is 0 Å². The highest BCUT2D eigenvalue weighted by Gasteiger charge is 2.04. The van der Waals surface area contributed by atoms with E-state index in [4.69, 9.17) is 5.11 Å². The number of carbonyl (C=O) groups excluding carboxylic acids is 2. The molecule has 0 saturated carbocycles. The number of amides is 1. The molecule has 0 aliphatic rings. The van der Waals surface area contributed by atoms with E-state index in [-0.39, 0.29) is 18.3 Å². The van der Waals surface area contributed by atoms with E-state index >= 15 is 0 Å². The van der Waals surface area contributed by atoms with Gasteiger partial charge in [0.15, 0.2) is 5.78 Å². The molecule has 2 aromatic rings. The Morgan fingerprint density at radius 1 is 1.04 bits per heavy atom. The Kier molecular flexibility index (Phi) is 7.52. The molecule has 2 N–H and O–H groups in total. The summed E-state index contributed by atoms with van der Waals surface area (Å²) in [7, 11) is 1.91. The van der Waals surface area contributed by atoms with Crippen LogP contribution in [0.25, 0.3) is 6.08 Å². The summed E-state index contributed by atoms with van der Waals surface area (Å²) in [6, 6.07) is 14.5. The third-order valence-corrected chi connectivity index (χ3v) is 3.95. The van der Waals surface area contributed by atoms with Crippen molar-refractivity contribution in [2.75, 3.05) is 30.4 Å². The van der Waals surface area contributed by atoms with Gasteiger partial charge in [-0.1, -0.05) is 24.3 Å². The number of hydrogen-bond acceptors (Lipinski definition) is 4. The number of likely N-dealkylation sites (N-methyl/N-ethyl adjacent to an activating group) is 1. The lowest BCUT2D eigenvalue weighted by molar-refractivity contribution is -0.111. The fourth-order valence-electron chi connectivity index (χ4n) is 2.44. The van der Waals surface area contributed by atoms with E-state index in [0.29, 0.717) is 17.8 Å². The summed E-state index contributed by atoms with van der Waals surface area (Å²) >= 11 is 0. The van der Waals surface area contributed by atoms with Gasteiger partial charge in [0.05, 0.1) is 6.61 Å². The Balaban J connectivity index is 1.98. The molecule has 5 nitrogen and oxygen atoms in total. The smallest absolute Gasteiger partial charge is 0.248 e.